The number of alkyl halides is 3. The highest BCUT2D eigenvalue weighted by molar-refractivity contribution is 8.13. The molecule has 0 radical (unpaired) electrons. The van der Waals surface area contributed by atoms with Crippen LogP contribution in [0.5, 0.6) is 0 Å². The van der Waals surface area contributed by atoms with Crippen LogP contribution in [0.15, 0.2) is 44.9 Å². The number of aliphatic imine (C=N–C) groups is 1. The highest BCUT2D eigenvalue weighted by Gasteiger charge is 2.26. The molecule has 2 aromatic rings. The van der Waals surface area contributed by atoms with Gasteiger partial charge in [-0.1, -0.05) is 57.9 Å². The van der Waals surface area contributed by atoms with Crippen molar-refractivity contribution in [2.24, 2.45) is 4.99 Å². The quantitative estimate of drug-likeness (QED) is 0.258. The summed E-state index contributed by atoms with van der Waals surface area (Å²) in [4.78, 5) is 17.0. The van der Waals surface area contributed by atoms with E-state index in [0.717, 1.165) is 5.56 Å². The highest BCUT2D eigenvalue weighted by atomic mass is 35.5. The van der Waals surface area contributed by atoms with Gasteiger partial charge in [0.05, 0.1) is 10.7 Å². The van der Waals surface area contributed by atoms with Crippen molar-refractivity contribution in [1.82, 2.24) is 14.8 Å². The van der Waals surface area contributed by atoms with Crippen LogP contribution in [0.4, 0.5) is 13.2 Å². The minimum Gasteiger partial charge on any atom is -0.254 e. The lowest BCUT2D eigenvalue weighted by atomic mass is 9.86. The molecule has 1 heterocycles. The fourth-order valence-electron chi connectivity index (χ4n) is 2.98. The number of H-pyrrole nitrogens is 1. The van der Waals surface area contributed by atoms with Gasteiger partial charge < -0.3 is 0 Å². The van der Waals surface area contributed by atoms with Gasteiger partial charge in [-0.25, -0.2) is 14.5 Å². The SMILES string of the molecule is CCC(=N/C=C(\CC)CCC(F)(F)F)Sc1n[nH]c(=O)n1-c1cc(Cl)ccc1C(C)(C)C. The third-order valence-electron chi connectivity index (χ3n) is 4.74. The van der Waals surface area contributed by atoms with Gasteiger partial charge >= 0.3 is 11.9 Å². The topological polar surface area (TPSA) is 63.0 Å². The van der Waals surface area contributed by atoms with Crippen LogP contribution in [-0.4, -0.2) is 26.0 Å². The summed E-state index contributed by atoms with van der Waals surface area (Å²) in [6, 6.07) is 5.38. The predicted molar refractivity (Wildman–Crippen MR) is 125 cm³/mol. The second-order valence-electron chi connectivity index (χ2n) is 8.29. The summed E-state index contributed by atoms with van der Waals surface area (Å²) in [5.41, 5.74) is 1.49. The Kier molecular flexibility index (Phi) is 8.82. The van der Waals surface area contributed by atoms with Crippen LogP contribution in [0.25, 0.3) is 5.69 Å². The first-order valence-electron chi connectivity index (χ1n) is 10.3. The van der Waals surface area contributed by atoms with Crippen molar-refractivity contribution in [3.63, 3.8) is 0 Å². The second kappa shape index (κ2) is 10.7. The van der Waals surface area contributed by atoms with E-state index in [0.29, 0.717) is 39.3 Å². The summed E-state index contributed by atoms with van der Waals surface area (Å²) < 4.78 is 39.1. The molecule has 2 rings (SSSR count). The van der Waals surface area contributed by atoms with Crippen LogP contribution in [0.3, 0.4) is 0 Å². The van der Waals surface area contributed by atoms with Crippen molar-refractivity contribution in [1.29, 1.82) is 0 Å². The molecule has 0 bridgehead atoms. The number of allylic oxidation sites excluding steroid dienone is 1. The van der Waals surface area contributed by atoms with Gasteiger partial charge in [-0.3, -0.25) is 4.99 Å². The third kappa shape index (κ3) is 7.27. The van der Waals surface area contributed by atoms with Crippen LogP contribution in [0, 0.1) is 0 Å². The van der Waals surface area contributed by atoms with E-state index in [4.69, 9.17) is 11.6 Å². The molecule has 0 unspecified atom stereocenters. The van der Waals surface area contributed by atoms with E-state index in [9.17, 15) is 18.0 Å². The average molecular weight is 489 g/mol. The number of nitrogens with one attached hydrogen (secondary N) is 1. The lowest BCUT2D eigenvalue weighted by Gasteiger charge is -2.23. The Bertz CT molecular complexity index is 1050. The van der Waals surface area contributed by atoms with Gasteiger partial charge in [-0.05, 0) is 54.1 Å². The van der Waals surface area contributed by atoms with Crippen LogP contribution in [-0.2, 0) is 5.41 Å². The fourth-order valence-corrected chi connectivity index (χ4v) is 3.97. The molecule has 0 saturated carbocycles. The largest absolute Gasteiger partial charge is 0.389 e. The van der Waals surface area contributed by atoms with Crippen molar-refractivity contribution in [3.05, 3.63) is 51.0 Å². The van der Waals surface area contributed by atoms with Crippen molar-refractivity contribution >= 4 is 28.4 Å². The minimum atomic E-state index is -4.20. The van der Waals surface area contributed by atoms with E-state index in [2.05, 4.69) is 15.2 Å². The van der Waals surface area contributed by atoms with E-state index in [1.807, 2.05) is 33.8 Å². The Morgan fingerprint density at radius 3 is 2.50 bits per heavy atom. The predicted octanol–water partition coefficient (Wildman–Crippen LogP) is 7.05. The molecule has 0 aliphatic carbocycles. The normalized spacial score (nSPS) is 13.7. The molecule has 0 saturated heterocycles. The maximum atomic E-state index is 12.6. The first kappa shape index (κ1) is 26.3. The van der Waals surface area contributed by atoms with Crippen LogP contribution >= 0.6 is 23.4 Å². The number of benzene rings is 1. The molecule has 0 atom stereocenters. The molecule has 5 nitrogen and oxygen atoms in total. The standard InChI is InChI=1S/C22H28ClF3N4OS/c1-6-14(10-11-22(24,25)26)13-27-18(7-2)32-20-29-28-19(31)30(20)17-12-15(23)8-9-16(17)21(3,4)5/h8-9,12-13H,6-7,10-11H2,1-5H3,(H,28,31)/b14-13+,27-18?. The van der Waals surface area contributed by atoms with Gasteiger partial charge in [-0.2, -0.15) is 13.2 Å². The summed E-state index contributed by atoms with van der Waals surface area (Å²) >= 11 is 7.41. The zero-order valence-electron chi connectivity index (χ0n) is 18.8. The molecular weight excluding hydrogens is 461 g/mol. The van der Waals surface area contributed by atoms with Crippen molar-refractivity contribution in [3.8, 4) is 5.69 Å². The third-order valence-corrected chi connectivity index (χ3v) is 6.06. The summed E-state index contributed by atoms with van der Waals surface area (Å²) in [5, 5.41) is 8.11. The smallest absolute Gasteiger partial charge is 0.254 e. The number of thioether (sulfide) groups is 1. The molecule has 176 valence electrons. The molecule has 0 fully saturated rings. The summed E-state index contributed by atoms with van der Waals surface area (Å²) in [5.74, 6) is 0. The lowest BCUT2D eigenvalue weighted by Crippen LogP contribution is -2.22. The first-order chi connectivity index (χ1) is 14.9. The number of nitrogens with zero attached hydrogens (tertiary/aromatic N) is 3. The number of rotatable bonds is 7. The van der Waals surface area contributed by atoms with E-state index in [1.54, 1.807) is 19.1 Å². The van der Waals surface area contributed by atoms with Gasteiger partial charge in [0.2, 0.25) is 5.16 Å². The zero-order valence-corrected chi connectivity index (χ0v) is 20.4. The summed E-state index contributed by atoms with van der Waals surface area (Å²) in [6.07, 6.45) is -2.67. The molecule has 0 spiro atoms. The maximum absolute atomic E-state index is 12.6. The highest BCUT2D eigenvalue weighted by Crippen LogP contribution is 2.32. The lowest BCUT2D eigenvalue weighted by molar-refractivity contribution is -0.134. The van der Waals surface area contributed by atoms with E-state index in [-0.39, 0.29) is 11.8 Å². The van der Waals surface area contributed by atoms with Crippen LogP contribution in [0.2, 0.25) is 5.02 Å². The Hall–Kier alpha value is -2.00. The second-order valence-corrected chi connectivity index (χ2v) is 9.77. The number of halogens is 4. The molecule has 10 heteroatoms. The van der Waals surface area contributed by atoms with Gasteiger partial charge in [0, 0.05) is 17.6 Å². The molecule has 0 aliphatic rings. The molecule has 1 aromatic heterocycles. The van der Waals surface area contributed by atoms with Crippen LogP contribution in [0.1, 0.15) is 65.9 Å². The molecule has 1 aromatic carbocycles. The van der Waals surface area contributed by atoms with Crippen molar-refractivity contribution in [2.45, 2.75) is 77.0 Å². The Morgan fingerprint density at radius 2 is 1.94 bits per heavy atom. The fraction of sp³-hybridized carbons (Fsp3) is 0.500. The molecule has 0 amide bonds. The minimum absolute atomic E-state index is 0.0876. The Labute approximate surface area is 195 Å². The molecule has 32 heavy (non-hydrogen) atoms. The number of hydrogen-bond donors (Lipinski definition) is 1. The monoisotopic (exact) mass is 488 g/mol. The van der Waals surface area contributed by atoms with Crippen LogP contribution < -0.4 is 5.69 Å². The maximum Gasteiger partial charge on any atom is 0.389 e. The van der Waals surface area contributed by atoms with Gasteiger partial charge in [0.25, 0.3) is 0 Å². The van der Waals surface area contributed by atoms with Gasteiger partial charge in [0.1, 0.15) is 0 Å². The summed E-state index contributed by atoms with van der Waals surface area (Å²) in [7, 11) is 0. The van der Waals surface area contributed by atoms with Crippen molar-refractivity contribution < 1.29 is 13.2 Å². The summed E-state index contributed by atoms with van der Waals surface area (Å²) in [6.45, 7) is 9.79. The first-order valence-corrected chi connectivity index (χ1v) is 11.5. The zero-order chi connectivity index (χ0) is 24.1. The Morgan fingerprint density at radius 1 is 1.25 bits per heavy atom. The van der Waals surface area contributed by atoms with Gasteiger partial charge in [-0.15, -0.1) is 5.10 Å². The number of aromatic amines is 1. The molecule has 1 N–H and O–H groups in total. The van der Waals surface area contributed by atoms with E-state index in [1.165, 1.54) is 22.5 Å². The van der Waals surface area contributed by atoms with E-state index >= 15 is 0 Å². The van der Waals surface area contributed by atoms with E-state index < -0.39 is 18.3 Å². The van der Waals surface area contributed by atoms with Crippen molar-refractivity contribution in [2.75, 3.05) is 0 Å². The number of hydrogen-bond acceptors (Lipinski definition) is 4. The molecule has 0 aliphatic heterocycles. The average Bonchev–Trinajstić information content (AvgIpc) is 3.05. The molecular formula is C22H28ClF3N4OS. The van der Waals surface area contributed by atoms with Gasteiger partial charge in [0.15, 0.2) is 0 Å². The number of aromatic nitrogens is 3. The Balaban J connectivity index is 2.42.